The van der Waals surface area contributed by atoms with Crippen LogP contribution in [0.2, 0.25) is 0 Å². The van der Waals surface area contributed by atoms with Gasteiger partial charge in [0, 0.05) is 11.9 Å². The fourth-order valence-corrected chi connectivity index (χ4v) is 2.16. The molecule has 0 saturated carbocycles. The van der Waals surface area contributed by atoms with Crippen molar-refractivity contribution in [3.8, 4) is 0 Å². The molecule has 2 aromatic rings. The topological polar surface area (TPSA) is 45.4 Å². The zero-order chi connectivity index (χ0) is 13.9. The van der Waals surface area contributed by atoms with Crippen LogP contribution in [-0.2, 0) is 0 Å². The van der Waals surface area contributed by atoms with Gasteiger partial charge in [-0.1, -0.05) is 32.0 Å². The van der Waals surface area contributed by atoms with Crippen LogP contribution < -0.4 is 5.32 Å². The van der Waals surface area contributed by atoms with E-state index in [1.54, 1.807) is 0 Å². The predicted molar refractivity (Wildman–Crippen MR) is 78.2 cm³/mol. The lowest BCUT2D eigenvalue weighted by atomic mass is 9.97. The van der Waals surface area contributed by atoms with Gasteiger partial charge in [0.1, 0.15) is 11.3 Å². The number of aliphatic hydroxyl groups is 1. The van der Waals surface area contributed by atoms with Crippen LogP contribution in [0.25, 0.3) is 11.0 Å². The third-order valence-corrected chi connectivity index (χ3v) is 3.92. The Balaban J connectivity index is 2.05. The highest BCUT2D eigenvalue weighted by atomic mass is 16.3. The Morgan fingerprint density at radius 3 is 2.58 bits per heavy atom. The standard InChI is InChI=1S/C16H23NO2/c1-4-16(18,5-2)11-17-12(3)15-10-13-8-6-7-9-14(13)19-15/h6-10,12,17-18H,4-5,11H2,1-3H3. The SMILES string of the molecule is CCC(O)(CC)CNC(C)c1cc2ccccc2o1. The van der Waals surface area contributed by atoms with Gasteiger partial charge in [-0.05, 0) is 31.9 Å². The highest BCUT2D eigenvalue weighted by Crippen LogP contribution is 2.24. The van der Waals surface area contributed by atoms with Crippen LogP contribution in [0.3, 0.4) is 0 Å². The summed E-state index contributed by atoms with van der Waals surface area (Å²) >= 11 is 0. The minimum absolute atomic E-state index is 0.0945. The Hall–Kier alpha value is -1.32. The zero-order valence-electron chi connectivity index (χ0n) is 11.9. The minimum Gasteiger partial charge on any atom is -0.459 e. The monoisotopic (exact) mass is 261 g/mol. The molecule has 104 valence electrons. The maximum absolute atomic E-state index is 10.3. The summed E-state index contributed by atoms with van der Waals surface area (Å²) in [4.78, 5) is 0. The third kappa shape index (κ3) is 3.17. The molecule has 1 heterocycles. The van der Waals surface area contributed by atoms with Crippen molar-refractivity contribution in [2.75, 3.05) is 6.54 Å². The van der Waals surface area contributed by atoms with Crippen LogP contribution in [0.5, 0.6) is 0 Å². The maximum atomic E-state index is 10.3. The lowest BCUT2D eigenvalue weighted by Gasteiger charge is -2.27. The summed E-state index contributed by atoms with van der Waals surface area (Å²) in [6.45, 7) is 6.66. The molecule has 0 saturated heterocycles. The average molecular weight is 261 g/mol. The van der Waals surface area contributed by atoms with E-state index in [2.05, 4.69) is 18.3 Å². The van der Waals surface area contributed by atoms with Gasteiger partial charge >= 0.3 is 0 Å². The summed E-state index contributed by atoms with van der Waals surface area (Å²) < 4.78 is 5.82. The van der Waals surface area contributed by atoms with E-state index >= 15 is 0 Å². The van der Waals surface area contributed by atoms with Crippen molar-refractivity contribution >= 4 is 11.0 Å². The predicted octanol–water partition coefficient (Wildman–Crippen LogP) is 3.63. The first kappa shape index (κ1) is 14.1. The van der Waals surface area contributed by atoms with E-state index in [4.69, 9.17) is 4.42 Å². The van der Waals surface area contributed by atoms with E-state index in [0.717, 1.165) is 29.6 Å². The number of furan rings is 1. The highest BCUT2D eigenvalue weighted by molar-refractivity contribution is 5.77. The first-order chi connectivity index (χ1) is 9.08. The van der Waals surface area contributed by atoms with Crippen LogP contribution in [-0.4, -0.2) is 17.3 Å². The molecule has 3 heteroatoms. The number of hydrogen-bond donors (Lipinski definition) is 2. The van der Waals surface area contributed by atoms with Crippen molar-refractivity contribution in [1.29, 1.82) is 0 Å². The van der Waals surface area contributed by atoms with Crippen LogP contribution in [0.15, 0.2) is 34.7 Å². The number of para-hydroxylation sites is 1. The Kier molecular flexibility index (Phi) is 4.27. The lowest BCUT2D eigenvalue weighted by Crippen LogP contribution is -2.40. The molecule has 0 spiro atoms. The van der Waals surface area contributed by atoms with E-state index in [1.807, 2.05) is 38.1 Å². The second-order valence-corrected chi connectivity index (χ2v) is 5.22. The molecule has 0 aliphatic heterocycles. The van der Waals surface area contributed by atoms with Crippen molar-refractivity contribution in [2.24, 2.45) is 0 Å². The molecule has 0 fully saturated rings. The Labute approximate surface area is 114 Å². The van der Waals surface area contributed by atoms with Crippen molar-refractivity contribution in [2.45, 2.75) is 45.3 Å². The van der Waals surface area contributed by atoms with Crippen molar-refractivity contribution < 1.29 is 9.52 Å². The van der Waals surface area contributed by atoms with Gasteiger partial charge in [0.15, 0.2) is 0 Å². The summed E-state index contributed by atoms with van der Waals surface area (Å²) in [7, 11) is 0. The molecular weight excluding hydrogens is 238 g/mol. The summed E-state index contributed by atoms with van der Waals surface area (Å²) in [5.41, 5.74) is 0.285. The summed E-state index contributed by atoms with van der Waals surface area (Å²) in [5, 5.41) is 14.7. The highest BCUT2D eigenvalue weighted by Gasteiger charge is 2.23. The normalized spacial score (nSPS) is 13.9. The molecule has 0 amide bonds. The molecular formula is C16H23NO2. The maximum Gasteiger partial charge on any atom is 0.134 e. The Morgan fingerprint density at radius 2 is 1.95 bits per heavy atom. The average Bonchev–Trinajstić information content (AvgIpc) is 2.88. The molecule has 19 heavy (non-hydrogen) atoms. The van der Waals surface area contributed by atoms with Crippen molar-refractivity contribution in [1.82, 2.24) is 5.32 Å². The van der Waals surface area contributed by atoms with Gasteiger partial charge in [-0.15, -0.1) is 0 Å². The number of rotatable bonds is 6. The van der Waals surface area contributed by atoms with E-state index in [9.17, 15) is 5.11 Å². The number of nitrogens with one attached hydrogen (secondary N) is 1. The quantitative estimate of drug-likeness (QED) is 0.834. The molecule has 1 atom stereocenters. The molecule has 2 N–H and O–H groups in total. The van der Waals surface area contributed by atoms with Gasteiger partial charge < -0.3 is 14.8 Å². The van der Waals surface area contributed by atoms with Crippen molar-refractivity contribution in [3.05, 3.63) is 36.1 Å². The van der Waals surface area contributed by atoms with E-state index < -0.39 is 5.60 Å². The van der Waals surface area contributed by atoms with E-state index in [-0.39, 0.29) is 6.04 Å². The van der Waals surface area contributed by atoms with Gasteiger partial charge in [0.2, 0.25) is 0 Å². The van der Waals surface area contributed by atoms with E-state index in [1.165, 1.54) is 0 Å². The van der Waals surface area contributed by atoms with Gasteiger partial charge in [-0.2, -0.15) is 0 Å². The van der Waals surface area contributed by atoms with Crippen molar-refractivity contribution in [3.63, 3.8) is 0 Å². The number of benzene rings is 1. The number of fused-ring (bicyclic) bond motifs is 1. The minimum atomic E-state index is -0.625. The van der Waals surface area contributed by atoms with Crippen LogP contribution in [0, 0.1) is 0 Å². The molecule has 1 aromatic heterocycles. The molecule has 0 aliphatic rings. The zero-order valence-corrected chi connectivity index (χ0v) is 11.9. The molecule has 1 unspecified atom stereocenters. The summed E-state index contributed by atoms with van der Waals surface area (Å²) in [5.74, 6) is 0.913. The summed E-state index contributed by atoms with van der Waals surface area (Å²) in [6.07, 6.45) is 1.51. The second-order valence-electron chi connectivity index (χ2n) is 5.22. The fourth-order valence-electron chi connectivity index (χ4n) is 2.16. The lowest BCUT2D eigenvalue weighted by molar-refractivity contribution is 0.0298. The fraction of sp³-hybridized carbons (Fsp3) is 0.500. The van der Waals surface area contributed by atoms with Crippen LogP contribution in [0.4, 0.5) is 0 Å². The Morgan fingerprint density at radius 1 is 1.26 bits per heavy atom. The van der Waals surface area contributed by atoms with Gasteiger partial charge in [0.05, 0.1) is 11.6 Å². The first-order valence-electron chi connectivity index (χ1n) is 7.02. The molecule has 0 radical (unpaired) electrons. The molecule has 0 bridgehead atoms. The number of hydrogen-bond acceptors (Lipinski definition) is 3. The molecule has 0 aliphatic carbocycles. The van der Waals surface area contributed by atoms with E-state index in [0.29, 0.717) is 6.54 Å². The smallest absolute Gasteiger partial charge is 0.134 e. The van der Waals surface area contributed by atoms with Gasteiger partial charge in [0.25, 0.3) is 0 Å². The van der Waals surface area contributed by atoms with Crippen LogP contribution >= 0.6 is 0 Å². The largest absolute Gasteiger partial charge is 0.459 e. The molecule has 3 nitrogen and oxygen atoms in total. The third-order valence-electron chi connectivity index (χ3n) is 3.92. The summed E-state index contributed by atoms with van der Waals surface area (Å²) in [6, 6.07) is 10.2. The second kappa shape index (κ2) is 5.76. The van der Waals surface area contributed by atoms with Gasteiger partial charge in [-0.25, -0.2) is 0 Å². The molecule has 2 rings (SSSR count). The first-order valence-corrected chi connectivity index (χ1v) is 7.02. The van der Waals surface area contributed by atoms with Gasteiger partial charge in [-0.3, -0.25) is 0 Å². The molecule has 1 aromatic carbocycles. The van der Waals surface area contributed by atoms with Crippen LogP contribution in [0.1, 0.15) is 45.4 Å². The Bertz CT molecular complexity index is 495.